The maximum atomic E-state index is 14.1. The van der Waals surface area contributed by atoms with Gasteiger partial charge in [0.2, 0.25) is 10.0 Å². The van der Waals surface area contributed by atoms with Crippen LogP contribution < -0.4 is 5.32 Å². The van der Waals surface area contributed by atoms with E-state index >= 15 is 0 Å². The van der Waals surface area contributed by atoms with Gasteiger partial charge >= 0.3 is 0 Å². The normalized spacial score (nSPS) is 19.9. The Labute approximate surface area is 135 Å². The Hall–Kier alpha value is -1.77. The number of imidazole rings is 1. The molecule has 124 valence electrons. The topological polar surface area (TPSA) is 67.2 Å². The zero-order valence-corrected chi connectivity index (χ0v) is 13.8. The molecule has 6 nitrogen and oxygen atoms in total. The number of nitrogens with one attached hydrogen (secondary N) is 1. The van der Waals surface area contributed by atoms with Crippen molar-refractivity contribution in [3.63, 3.8) is 0 Å². The summed E-state index contributed by atoms with van der Waals surface area (Å²) >= 11 is 0. The second-order valence-electron chi connectivity index (χ2n) is 5.67. The molecule has 8 heteroatoms. The van der Waals surface area contributed by atoms with Crippen molar-refractivity contribution in [2.24, 2.45) is 7.05 Å². The molecule has 1 aliphatic heterocycles. The maximum absolute atomic E-state index is 14.1. The third-order valence-electron chi connectivity index (χ3n) is 4.02. The van der Waals surface area contributed by atoms with Gasteiger partial charge in [-0.25, -0.2) is 17.8 Å². The number of hydrogen-bond acceptors (Lipinski definition) is 4. The van der Waals surface area contributed by atoms with Crippen molar-refractivity contribution in [1.82, 2.24) is 19.2 Å². The van der Waals surface area contributed by atoms with Gasteiger partial charge in [0, 0.05) is 39.1 Å². The summed E-state index contributed by atoms with van der Waals surface area (Å²) in [6, 6.07) is 3.67. The first-order valence-corrected chi connectivity index (χ1v) is 8.81. The number of halogens is 1. The van der Waals surface area contributed by atoms with E-state index in [0.29, 0.717) is 24.5 Å². The summed E-state index contributed by atoms with van der Waals surface area (Å²) in [7, 11) is -2.13. The summed E-state index contributed by atoms with van der Waals surface area (Å²) in [5.74, 6) is -0.0958. The highest BCUT2D eigenvalue weighted by Gasteiger charge is 2.37. The minimum Gasteiger partial charge on any atom is -0.337 e. The number of benzene rings is 1. The molecule has 0 aliphatic carbocycles. The molecule has 0 bridgehead atoms. The highest BCUT2D eigenvalue weighted by Crippen LogP contribution is 2.29. The standard InChI is InChI=1S/C15H19FN4O2S/c1-11-3-4-12(16)14(9-11)23(21,22)20-8-5-17-10-13(20)15-18-6-7-19(15)2/h3-4,6-7,9,13,17H,5,8,10H2,1-2H3. The summed E-state index contributed by atoms with van der Waals surface area (Å²) in [4.78, 5) is 3.98. The van der Waals surface area contributed by atoms with Crippen molar-refractivity contribution in [3.05, 3.63) is 47.8 Å². The SMILES string of the molecule is Cc1ccc(F)c(S(=O)(=O)N2CCNCC2c2nccn2C)c1. The van der Waals surface area contributed by atoms with Gasteiger partial charge in [0.25, 0.3) is 0 Å². The molecule has 0 amide bonds. The van der Waals surface area contributed by atoms with Gasteiger partial charge in [-0.3, -0.25) is 0 Å². The summed E-state index contributed by atoms with van der Waals surface area (Å²) in [5, 5.41) is 3.18. The Morgan fingerprint density at radius 2 is 2.17 bits per heavy atom. The van der Waals surface area contributed by atoms with Gasteiger partial charge in [-0.1, -0.05) is 6.07 Å². The molecule has 1 aromatic carbocycles. The van der Waals surface area contributed by atoms with Gasteiger partial charge in [-0.2, -0.15) is 4.31 Å². The largest absolute Gasteiger partial charge is 0.337 e. The predicted octanol–water partition coefficient (Wildman–Crippen LogP) is 1.20. The van der Waals surface area contributed by atoms with E-state index in [4.69, 9.17) is 0 Å². The van der Waals surface area contributed by atoms with Gasteiger partial charge in [-0.05, 0) is 24.6 Å². The third-order valence-corrected chi connectivity index (χ3v) is 5.95. The Kier molecular flexibility index (Phi) is 4.22. The number of piperazine rings is 1. The van der Waals surface area contributed by atoms with Crippen LogP contribution in [0.2, 0.25) is 0 Å². The predicted molar refractivity (Wildman–Crippen MR) is 83.8 cm³/mol. The molecule has 1 unspecified atom stereocenters. The molecule has 3 rings (SSSR count). The number of aryl methyl sites for hydroxylation is 2. The number of hydrogen-bond donors (Lipinski definition) is 1. The molecule has 2 aromatic rings. The Morgan fingerprint density at radius 1 is 1.39 bits per heavy atom. The van der Waals surface area contributed by atoms with E-state index < -0.39 is 21.9 Å². The van der Waals surface area contributed by atoms with E-state index in [1.807, 2.05) is 7.05 Å². The first-order chi connectivity index (χ1) is 10.9. The molecule has 1 N–H and O–H groups in total. The Balaban J connectivity index is 2.06. The van der Waals surface area contributed by atoms with Crippen molar-refractivity contribution in [2.75, 3.05) is 19.6 Å². The quantitative estimate of drug-likeness (QED) is 0.913. The molecule has 1 aromatic heterocycles. The van der Waals surface area contributed by atoms with Crippen LogP contribution in [-0.4, -0.2) is 41.9 Å². The van der Waals surface area contributed by atoms with Crippen LogP contribution in [0.15, 0.2) is 35.5 Å². The van der Waals surface area contributed by atoms with Crippen molar-refractivity contribution in [2.45, 2.75) is 17.9 Å². The molecular formula is C15H19FN4O2S. The number of rotatable bonds is 3. The van der Waals surface area contributed by atoms with Crippen LogP contribution in [0, 0.1) is 12.7 Å². The van der Waals surface area contributed by atoms with Crippen molar-refractivity contribution >= 4 is 10.0 Å². The molecule has 1 aliphatic rings. The molecule has 1 atom stereocenters. The lowest BCUT2D eigenvalue weighted by molar-refractivity contribution is 0.257. The lowest BCUT2D eigenvalue weighted by Crippen LogP contribution is -2.49. The van der Waals surface area contributed by atoms with Crippen molar-refractivity contribution in [1.29, 1.82) is 0 Å². The van der Waals surface area contributed by atoms with E-state index in [2.05, 4.69) is 10.3 Å². The fourth-order valence-electron chi connectivity index (χ4n) is 2.83. The minimum absolute atomic E-state index is 0.271. The van der Waals surface area contributed by atoms with Crippen molar-refractivity contribution < 1.29 is 12.8 Å². The number of nitrogens with zero attached hydrogens (tertiary/aromatic N) is 3. The molecular weight excluding hydrogens is 319 g/mol. The molecule has 23 heavy (non-hydrogen) atoms. The molecule has 1 saturated heterocycles. The van der Waals surface area contributed by atoms with Crippen LogP contribution in [-0.2, 0) is 17.1 Å². The monoisotopic (exact) mass is 338 g/mol. The average molecular weight is 338 g/mol. The first kappa shape index (κ1) is 16.1. The maximum Gasteiger partial charge on any atom is 0.246 e. The van der Waals surface area contributed by atoms with Gasteiger partial charge < -0.3 is 9.88 Å². The van der Waals surface area contributed by atoms with Crippen LogP contribution in [0.25, 0.3) is 0 Å². The van der Waals surface area contributed by atoms with Crippen LogP contribution in [0.5, 0.6) is 0 Å². The fourth-order valence-corrected chi connectivity index (χ4v) is 4.56. The Bertz CT molecular complexity index is 819. The lowest BCUT2D eigenvalue weighted by Gasteiger charge is -2.34. The van der Waals surface area contributed by atoms with E-state index in [-0.39, 0.29) is 11.4 Å². The number of sulfonamides is 1. The molecule has 2 heterocycles. The zero-order valence-electron chi connectivity index (χ0n) is 13.0. The van der Waals surface area contributed by atoms with E-state index in [1.54, 1.807) is 30.0 Å². The molecule has 0 spiro atoms. The fraction of sp³-hybridized carbons (Fsp3) is 0.400. The molecule has 0 saturated carbocycles. The van der Waals surface area contributed by atoms with Crippen LogP contribution in [0.1, 0.15) is 17.4 Å². The minimum atomic E-state index is -3.94. The second kappa shape index (κ2) is 6.03. The summed E-state index contributed by atoms with van der Waals surface area (Å²) < 4.78 is 43.2. The van der Waals surface area contributed by atoms with Crippen LogP contribution >= 0.6 is 0 Å². The molecule has 0 radical (unpaired) electrons. The van der Waals surface area contributed by atoms with Gasteiger partial charge in [0.05, 0.1) is 6.04 Å². The smallest absolute Gasteiger partial charge is 0.246 e. The van der Waals surface area contributed by atoms with E-state index in [9.17, 15) is 12.8 Å². The third kappa shape index (κ3) is 2.89. The first-order valence-electron chi connectivity index (χ1n) is 7.37. The highest BCUT2D eigenvalue weighted by atomic mass is 32.2. The number of aromatic nitrogens is 2. The van der Waals surface area contributed by atoms with E-state index in [1.165, 1.54) is 16.4 Å². The van der Waals surface area contributed by atoms with Gasteiger partial charge in [0.15, 0.2) is 0 Å². The van der Waals surface area contributed by atoms with Crippen molar-refractivity contribution in [3.8, 4) is 0 Å². The second-order valence-corrected chi connectivity index (χ2v) is 7.52. The lowest BCUT2D eigenvalue weighted by atomic mass is 10.2. The zero-order chi connectivity index (χ0) is 16.6. The van der Waals surface area contributed by atoms with Gasteiger partial charge in [0.1, 0.15) is 16.5 Å². The highest BCUT2D eigenvalue weighted by molar-refractivity contribution is 7.89. The van der Waals surface area contributed by atoms with Crippen LogP contribution in [0.3, 0.4) is 0 Å². The summed E-state index contributed by atoms with van der Waals surface area (Å²) in [6.45, 7) is 2.98. The summed E-state index contributed by atoms with van der Waals surface area (Å²) in [6.07, 6.45) is 3.39. The van der Waals surface area contributed by atoms with Gasteiger partial charge in [-0.15, -0.1) is 0 Å². The van der Waals surface area contributed by atoms with E-state index in [0.717, 1.165) is 0 Å². The summed E-state index contributed by atoms with van der Waals surface area (Å²) in [5.41, 5.74) is 0.702. The van der Waals surface area contributed by atoms with Crippen LogP contribution in [0.4, 0.5) is 4.39 Å². The Morgan fingerprint density at radius 3 is 2.87 bits per heavy atom. The molecule has 1 fully saturated rings. The average Bonchev–Trinajstić information content (AvgIpc) is 2.95.